The largest absolute Gasteiger partial charge is 0.279 e. The van der Waals surface area contributed by atoms with E-state index in [9.17, 15) is 4.79 Å². The summed E-state index contributed by atoms with van der Waals surface area (Å²) in [6, 6.07) is 25.4. The fourth-order valence-electron chi connectivity index (χ4n) is 3.27. The number of para-hydroxylation sites is 4. The molecular formula is C20H13N3O. The minimum absolute atomic E-state index is 0.0403. The lowest BCUT2D eigenvalue weighted by Crippen LogP contribution is -2.18. The maximum atomic E-state index is 13.1. The number of aromatic nitrogens is 3. The van der Waals surface area contributed by atoms with E-state index in [2.05, 4.69) is 0 Å². The van der Waals surface area contributed by atoms with Crippen molar-refractivity contribution in [1.82, 2.24) is 14.0 Å². The Morgan fingerprint density at radius 3 is 2.21 bits per heavy atom. The molecule has 0 aliphatic carbocycles. The van der Waals surface area contributed by atoms with E-state index in [0.29, 0.717) is 11.2 Å². The number of benzene rings is 3. The molecule has 5 rings (SSSR count). The lowest BCUT2D eigenvalue weighted by atomic mass is 10.2. The molecule has 0 fully saturated rings. The Hall–Kier alpha value is -3.40. The number of rotatable bonds is 1. The van der Waals surface area contributed by atoms with Gasteiger partial charge in [-0.2, -0.15) is 0 Å². The van der Waals surface area contributed by atoms with Crippen LogP contribution in [0.2, 0.25) is 0 Å². The first-order valence-corrected chi connectivity index (χ1v) is 7.81. The molecule has 0 aliphatic heterocycles. The molecule has 0 amide bonds. The summed E-state index contributed by atoms with van der Waals surface area (Å²) in [5.74, 6) is 0.631. The summed E-state index contributed by atoms with van der Waals surface area (Å²) in [6.07, 6.45) is 0. The topological polar surface area (TPSA) is 39.3 Å². The van der Waals surface area contributed by atoms with Crippen molar-refractivity contribution in [3.05, 3.63) is 89.2 Å². The zero-order chi connectivity index (χ0) is 16.1. The van der Waals surface area contributed by atoms with Gasteiger partial charge < -0.3 is 0 Å². The summed E-state index contributed by atoms with van der Waals surface area (Å²) >= 11 is 0. The summed E-state index contributed by atoms with van der Waals surface area (Å²) in [7, 11) is 0. The molecule has 3 aromatic carbocycles. The zero-order valence-corrected chi connectivity index (χ0v) is 12.8. The molecule has 24 heavy (non-hydrogen) atoms. The molecule has 0 aliphatic rings. The van der Waals surface area contributed by atoms with E-state index < -0.39 is 0 Å². The van der Waals surface area contributed by atoms with E-state index in [1.807, 2.05) is 83.4 Å². The second-order valence-electron chi connectivity index (χ2n) is 5.73. The zero-order valence-electron chi connectivity index (χ0n) is 12.8. The van der Waals surface area contributed by atoms with Gasteiger partial charge in [-0.25, -0.2) is 9.38 Å². The Bertz CT molecular complexity index is 1270. The van der Waals surface area contributed by atoms with Crippen LogP contribution >= 0.6 is 0 Å². The monoisotopic (exact) mass is 311 g/mol. The SMILES string of the molecule is O=c1c2ccccc2n(-c2ccccc2)c2nc3ccccc3n12. The highest BCUT2D eigenvalue weighted by atomic mass is 16.1. The van der Waals surface area contributed by atoms with Crippen molar-refractivity contribution in [3.8, 4) is 5.69 Å². The first-order chi connectivity index (χ1) is 11.8. The number of fused-ring (bicyclic) bond motifs is 4. The van der Waals surface area contributed by atoms with Gasteiger partial charge in [0.1, 0.15) is 0 Å². The molecule has 0 bridgehead atoms. The third-order valence-corrected chi connectivity index (χ3v) is 4.34. The minimum Gasteiger partial charge on any atom is -0.279 e. The molecule has 4 heteroatoms. The van der Waals surface area contributed by atoms with Crippen molar-refractivity contribution in [1.29, 1.82) is 0 Å². The number of imidazole rings is 1. The van der Waals surface area contributed by atoms with Crippen molar-refractivity contribution in [2.45, 2.75) is 0 Å². The Labute approximate surface area is 137 Å². The van der Waals surface area contributed by atoms with Gasteiger partial charge in [-0.15, -0.1) is 0 Å². The van der Waals surface area contributed by atoms with Crippen molar-refractivity contribution in [2.24, 2.45) is 0 Å². The van der Waals surface area contributed by atoms with Crippen molar-refractivity contribution in [3.63, 3.8) is 0 Å². The minimum atomic E-state index is -0.0403. The second-order valence-corrected chi connectivity index (χ2v) is 5.73. The first kappa shape index (κ1) is 13.1. The summed E-state index contributed by atoms with van der Waals surface area (Å²) in [5, 5.41) is 0.678. The van der Waals surface area contributed by atoms with Crippen LogP contribution in [-0.4, -0.2) is 14.0 Å². The quantitative estimate of drug-likeness (QED) is 0.472. The molecular weight excluding hydrogens is 298 g/mol. The Morgan fingerprint density at radius 2 is 1.38 bits per heavy atom. The van der Waals surface area contributed by atoms with Gasteiger partial charge in [-0.1, -0.05) is 42.5 Å². The lowest BCUT2D eigenvalue weighted by molar-refractivity contribution is 1.02. The maximum absolute atomic E-state index is 13.1. The van der Waals surface area contributed by atoms with E-state index in [4.69, 9.17) is 4.98 Å². The molecule has 2 heterocycles. The molecule has 0 N–H and O–H groups in total. The Kier molecular flexibility index (Phi) is 2.61. The predicted molar refractivity (Wildman–Crippen MR) is 95.8 cm³/mol. The summed E-state index contributed by atoms with van der Waals surface area (Å²) in [6.45, 7) is 0. The highest BCUT2D eigenvalue weighted by molar-refractivity contribution is 5.87. The second kappa shape index (κ2) is 4.80. The van der Waals surface area contributed by atoms with Crippen molar-refractivity contribution in [2.75, 3.05) is 0 Å². The smallest absolute Gasteiger partial charge is 0.267 e. The third-order valence-electron chi connectivity index (χ3n) is 4.34. The molecule has 0 saturated heterocycles. The van der Waals surface area contributed by atoms with Gasteiger partial charge in [0.05, 0.1) is 21.9 Å². The Morgan fingerprint density at radius 1 is 0.708 bits per heavy atom. The first-order valence-electron chi connectivity index (χ1n) is 7.81. The molecule has 4 nitrogen and oxygen atoms in total. The molecule has 0 atom stereocenters. The van der Waals surface area contributed by atoms with E-state index in [1.165, 1.54) is 0 Å². The highest BCUT2D eigenvalue weighted by Gasteiger charge is 2.15. The normalized spacial score (nSPS) is 11.5. The number of nitrogens with zero attached hydrogens (tertiary/aromatic N) is 3. The fraction of sp³-hybridized carbons (Fsp3) is 0. The van der Waals surface area contributed by atoms with E-state index in [0.717, 1.165) is 22.2 Å². The molecule has 0 unspecified atom stereocenters. The van der Waals surface area contributed by atoms with Gasteiger partial charge >= 0.3 is 0 Å². The van der Waals surface area contributed by atoms with Gasteiger partial charge in [0.25, 0.3) is 5.56 Å². The van der Waals surface area contributed by atoms with Crippen LogP contribution in [-0.2, 0) is 0 Å². The van der Waals surface area contributed by atoms with Gasteiger partial charge in [0.2, 0.25) is 5.78 Å². The molecule has 2 aromatic heterocycles. The van der Waals surface area contributed by atoms with Crippen LogP contribution in [0.3, 0.4) is 0 Å². The predicted octanol–water partition coefficient (Wildman–Crippen LogP) is 3.79. The number of hydrogen-bond donors (Lipinski definition) is 0. The molecule has 0 saturated carbocycles. The van der Waals surface area contributed by atoms with Crippen LogP contribution < -0.4 is 5.56 Å². The van der Waals surface area contributed by atoms with Crippen LogP contribution in [0.1, 0.15) is 0 Å². The van der Waals surface area contributed by atoms with Crippen LogP contribution in [0, 0.1) is 0 Å². The molecule has 0 radical (unpaired) electrons. The fourth-order valence-corrected chi connectivity index (χ4v) is 3.27. The van der Waals surface area contributed by atoms with Gasteiger partial charge in [0, 0.05) is 5.69 Å². The summed E-state index contributed by atoms with van der Waals surface area (Å²) in [4.78, 5) is 17.8. The average molecular weight is 311 g/mol. The van der Waals surface area contributed by atoms with Gasteiger partial charge in [0.15, 0.2) is 0 Å². The summed E-state index contributed by atoms with van der Waals surface area (Å²) in [5.41, 5.74) is 3.44. The van der Waals surface area contributed by atoms with Crippen molar-refractivity contribution < 1.29 is 0 Å². The van der Waals surface area contributed by atoms with Crippen molar-refractivity contribution >= 4 is 27.7 Å². The highest BCUT2D eigenvalue weighted by Crippen LogP contribution is 2.23. The van der Waals surface area contributed by atoms with Crippen LogP contribution in [0.4, 0.5) is 0 Å². The maximum Gasteiger partial charge on any atom is 0.267 e. The lowest BCUT2D eigenvalue weighted by Gasteiger charge is -2.12. The molecule has 0 spiro atoms. The third kappa shape index (κ3) is 1.68. The standard InChI is InChI=1S/C20H13N3O/c24-19-15-10-4-6-12-17(15)22(14-8-2-1-3-9-14)20-21-16-11-5-7-13-18(16)23(19)20/h1-13H. The molecule has 5 aromatic rings. The van der Waals surface area contributed by atoms with Crippen LogP contribution in [0.15, 0.2) is 83.7 Å². The summed E-state index contributed by atoms with van der Waals surface area (Å²) < 4.78 is 3.74. The molecule has 114 valence electrons. The average Bonchev–Trinajstić information content (AvgIpc) is 3.02. The van der Waals surface area contributed by atoms with E-state index in [-0.39, 0.29) is 5.56 Å². The van der Waals surface area contributed by atoms with Crippen LogP contribution in [0.25, 0.3) is 33.4 Å². The van der Waals surface area contributed by atoms with Gasteiger partial charge in [-0.3, -0.25) is 9.36 Å². The van der Waals surface area contributed by atoms with E-state index in [1.54, 1.807) is 4.40 Å². The van der Waals surface area contributed by atoms with E-state index >= 15 is 0 Å². The Balaban J connectivity index is 2.13. The van der Waals surface area contributed by atoms with Gasteiger partial charge in [-0.05, 0) is 36.4 Å². The van der Waals surface area contributed by atoms with Crippen LogP contribution in [0.5, 0.6) is 0 Å². The number of hydrogen-bond acceptors (Lipinski definition) is 2.